The van der Waals surface area contributed by atoms with Gasteiger partial charge in [-0.3, -0.25) is 20.2 Å². The van der Waals surface area contributed by atoms with Crippen molar-refractivity contribution in [3.8, 4) is 0 Å². The molecule has 0 fully saturated rings. The van der Waals surface area contributed by atoms with E-state index in [1.54, 1.807) is 13.0 Å². The molecule has 1 aliphatic rings. The van der Waals surface area contributed by atoms with Crippen LogP contribution in [0.3, 0.4) is 0 Å². The van der Waals surface area contributed by atoms with E-state index >= 15 is 0 Å². The number of imidazole rings is 1. The average Bonchev–Trinajstić information content (AvgIpc) is 3.50. The highest BCUT2D eigenvalue weighted by Crippen LogP contribution is 2.32. The lowest BCUT2D eigenvalue weighted by atomic mass is 10.2. The summed E-state index contributed by atoms with van der Waals surface area (Å²) in [6.45, 7) is 1.74. The number of carbonyl (C=O) groups excluding carboxylic acids is 1. The number of amides is 1. The van der Waals surface area contributed by atoms with Crippen molar-refractivity contribution in [2.45, 2.75) is 25.2 Å². The van der Waals surface area contributed by atoms with Crippen molar-refractivity contribution < 1.29 is 22.8 Å². The van der Waals surface area contributed by atoms with E-state index in [0.717, 1.165) is 12.1 Å². The fourth-order valence-electron chi connectivity index (χ4n) is 3.36. The Hall–Kier alpha value is -4.00. The number of H-pyrrole nitrogens is 2. The predicted octanol–water partition coefficient (Wildman–Crippen LogP) is 2.53. The summed E-state index contributed by atoms with van der Waals surface area (Å²) in [4.78, 5) is 33.3. The predicted molar refractivity (Wildman–Crippen MR) is 105 cm³/mol. The molecule has 10 nitrogen and oxygen atoms in total. The zero-order chi connectivity index (χ0) is 22.5. The van der Waals surface area contributed by atoms with Crippen LogP contribution in [0, 0.1) is 0 Å². The number of hydrogen-bond donors (Lipinski definition) is 4. The minimum absolute atomic E-state index is 0.171. The van der Waals surface area contributed by atoms with Gasteiger partial charge in [0, 0.05) is 0 Å². The van der Waals surface area contributed by atoms with Crippen molar-refractivity contribution >= 4 is 28.0 Å². The summed E-state index contributed by atoms with van der Waals surface area (Å²) in [5, 5.41) is 9.82. The largest absolute Gasteiger partial charge is 0.416 e. The highest BCUT2D eigenvalue weighted by molar-refractivity contribution is 6.03. The lowest BCUT2D eigenvalue weighted by Gasteiger charge is -2.14. The molecular weight excluding hydrogens is 429 g/mol. The maximum absolute atomic E-state index is 12.9. The number of rotatable bonds is 4. The number of alkyl halides is 3. The summed E-state index contributed by atoms with van der Waals surface area (Å²) in [6.07, 6.45) is -0.714. The van der Waals surface area contributed by atoms with E-state index in [4.69, 9.17) is 4.84 Å². The van der Waals surface area contributed by atoms with Gasteiger partial charge in [0.15, 0.2) is 11.8 Å². The van der Waals surface area contributed by atoms with E-state index in [2.05, 4.69) is 40.9 Å². The van der Waals surface area contributed by atoms with Crippen molar-refractivity contribution in [2.75, 3.05) is 0 Å². The molecule has 1 amide bonds. The second kappa shape index (κ2) is 7.30. The lowest BCUT2D eigenvalue weighted by Crippen LogP contribution is -2.37. The first-order valence-electron chi connectivity index (χ1n) is 9.45. The summed E-state index contributed by atoms with van der Waals surface area (Å²) in [5.41, 5.74) is 3.75. The van der Waals surface area contributed by atoms with Gasteiger partial charge in [0.05, 0.1) is 39.9 Å². The second-order valence-corrected chi connectivity index (χ2v) is 7.16. The van der Waals surface area contributed by atoms with E-state index < -0.39 is 29.8 Å². The number of hydroxylamine groups is 1. The van der Waals surface area contributed by atoms with Gasteiger partial charge in [-0.25, -0.2) is 15.0 Å². The Bertz CT molecular complexity index is 1360. The molecule has 1 unspecified atom stereocenters. The van der Waals surface area contributed by atoms with Gasteiger partial charge < -0.3 is 10.3 Å². The molecule has 0 aliphatic carbocycles. The average molecular weight is 444 g/mol. The van der Waals surface area contributed by atoms with Crippen molar-refractivity contribution in [3.05, 3.63) is 59.6 Å². The van der Waals surface area contributed by atoms with Gasteiger partial charge in [-0.15, -0.1) is 0 Å². The Kier molecular flexibility index (Phi) is 4.55. The smallest absolute Gasteiger partial charge is 0.343 e. The van der Waals surface area contributed by atoms with Crippen LogP contribution in [-0.4, -0.2) is 42.1 Å². The van der Waals surface area contributed by atoms with Gasteiger partial charge in [-0.2, -0.15) is 18.3 Å². The van der Waals surface area contributed by atoms with Gasteiger partial charge in [0.1, 0.15) is 17.8 Å². The Morgan fingerprint density at radius 3 is 2.94 bits per heavy atom. The molecule has 0 spiro atoms. The van der Waals surface area contributed by atoms with Crippen molar-refractivity contribution in [1.82, 2.24) is 40.9 Å². The normalized spacial score (nSPS) is 17.4. The second-order valence-electron chi connectivity index (χ2n) is 7.16. The Labute approximate surface area is 177 Å². The van der Waals surface area contributed by atoms with Gasteiger partial charge >= 0.3 is 6.18 Å². The first-order valence-corrected chi connectivity index (χ1v) is 9.45. The number of halogens is 3. The number of hydrogen-bond acceptors (Lipinski definition) is 7. The molecule has 4 N–H and O–H groups in total. The molecule has 1 aliphatic heterocycles. The molecule has 0 saturated heterocycles. The van der Waals surface area contributed by atoms with Crippen LogP contribution in [0.2, 0.25) is 0 Å². The monoisotopic (exact) mass is 444 g/mol. The first-order chi connectivity index (χ1) is 15.3. The van der Waals surface area contributed by atoms with Crippen LogP contribution in [0.4, 0.5) is 13.2 Å². The fourth-order valence-corrected chi connectivity index (χ4v) is 3.36. The molecule has 2 atom stereocenters. The Balaban J connectivity index is 1.33. The highest BCUT2D eigenvalue weighted by Gasteiger charge is 2.31. The molecule has 4 aromatic rings. The molecular formula is C19H15F3N8O2. The summed E-state index contributed by atoms with van der Waals surface area (Å²) in [7, 11) is 0. The van der Waals surface area contributed by atoms with Crippen LogP contribution in [0.25, 0.3) is 22.1 Å². The van der Waals surface area contributed by atoms with Crippen molar-refractivity contribution in [2.24, 2.45) is 0 Å². The maximum Gasteiger partial charge on any atom is 0.416 e. The van der Waals surface area contributed by atoms with E-state index in [1.807, 2.05) is 0 Å². The SMILES string of the molecule is C[C@H](NC(=O)c1ncnc2[nH]ncc12)C1=CC(c2nc3ccc(C(F)(F)F)cc3[nH]2)ON1. The molecule has 164 valence electrons. The van der Waals surface area contributed by atoms with Crippen LogP contribution < -0.4 is 10.8 Å². The third kappa shape index (κ3) is 3.51. The van der Waals surface area contributed by atoms with Gasteiger partial charge in [-0.1, -0.05) is 0 Å². The van der Waals surface area contributed by atoms with Crippen LogP contribution in [0.1, 0.15) is 34.9 Å². The molecule has 32 heavy (non-hydrogen) atoms. The molecule has 0 radical (unpaired) electrons. The summed E-state index contributed by atoms with van der Waals surface area (Å²) >= 11 is 0. The van der Waals surface area contributed by atoms with E-state index in [1.165, 1.54) is 18.6 Å². The highest BCUT2D eigenvalue weighted by atomic mass is 19.4. The molecule has 0 bridgehead atoms. The van der Waals surface area contributed by atoms with E-state index in [0.29, 0.717) is 28.1 Å². The molecule has 1 aromatic carbocycles. The number of nitrogens with one attached hydrogen (secondary N) is 4. The summed E-state index contributed by atoms with van der Waals surface area (Å²) in [5.74, 6) is -0.0999. The number of nitrogens with zero attached hydrogens (tertiary/aromatic N) is 4. The van der Waals surface area contributed by atoms with Gasteiger partial charge in [0.2, 0.25) is 0 Å². The molecule has 4 heterocycles. The summed E-state index contributed by atoms with van der Waals surface area (Å²) < 4.78 is 38.8. The molecule has 3 aromatic heterocycles. The van der Waals surface area contributed by atoms with E-state index in [-0.39, 0.29) is 11.2 Å². The fraction of sp³-hybridized carbons (Fsp3) is 0.211. The standard InChI is InChI=1S/C19H15F3N8O2/c1-8(26-18(31)15-10-6-25-29-16(10)24-7-23-15)12-5-14(32-30-12)17-27-11-3-2-9(19(20,21)22)4-13(11)28-17/h2-8,14,30H,1H3,(H,26,31)(H,27,28)(H,23,24,25,29)/t8-,14?/m0/s1. The number of carbonyl (C=O) groups is 1. The molecule has 13 heteroatoms. The van der Waals surface area contributed by atoms with Crippen molar-refractivity contribution in [3.63, 3.8) is 0 Å². The first kappa shape index (κ1) is 19.9. The maximum atomic E-state index is 12.9. The van der Waals surface area contributed by atoms with Gasteiger partial charge in [0.25, 0.3) is 5.91 Å². The minimum atomic E-state index is -4.45. The Morgan fingerprint density at radius 2 is 2.12 bits per heavy atom. The lowest BCUT2D eigenvalue weighted by molar-refractivity contribution is -0.137. The number of aromatic nitrogens is 6. The Morgan fingerprint density at radius 1 is 1.28 bits per heavy atom. The minimum Gasteiger partial charge on any atom is -0.343 e. The third-order valence-corrected chi connectivity index (χ3v) is 5.01. The van der Waals surface area contributed by atoms with E-state index in [9.17, 15) is 18.0 Å². The quantitative estimate of drug-likeness (QED) is 0.380. The van der Waals surface area contributed by atoms with Crippen LogP contribution >= 0.6 is 0 Å². The molecule has 0 saturated carbocycles. The van der Waals surface area contributed by atoms with Gasteiger partial charge in [-0.05, 0) is 31.2 Å². The zero-order valence-electron chi connectivity index (χ0n) is 16.4. The summed E-state index contributed by atoms with van der Waals surface area (Å²) in [6, 6.07) is 2.79. The zero-order valence-corrected chi connectivity index (χ0v) is 16.4. The number of fused-ring (bicyclic) bond motifs is 2. The van der Waals surface area contributed by atoms with Crippen LogP contribution in [-0.2, 0) is 11.0 Å². The number of benzene rings is 1. The van der Waals surface area contributed by atoms with Crippen LogP contribution in [0.5, 0.6) is 0 Å². The number of aromatic amines is 2. The molecule has 5 rings (SSSR count). The van der Waals surface area contributed by atoms with Crippen LogP contribution in [0.15, 0.2) is 42.5 Å². The third-order valence-electron chi connectivity index (χ3n) is 5.01. The van der Waals surface area contributed by atoms with Crippen molar-refractivity contribution in [1.29, 1.82) is 0 Å². The topological polar surface area (TPSA) is 134 Å².